The van der Waals surface area contributed by atoms with Crippen LogP contribution in [-0.2, 0) is 4.74 Å². The van der Waals surface area contributed by atoms with Gasteiger partial charge in [-0.15, -0.1) is 0 Å². The van der Waals surface area contributed by atoms with Crippen LogP contribution in [0.2, 0.25) is 0 Å². The lowest BCUT2D eigenvalue weighted by Crippen LogP contribution is -2.52. The molecule has 0 radical (unpaired) electrons. The molecule has 1 atom stereocenters. The second kappa shape index (κ2) is 4.96. The van der Waals surface area contributed by atoms with Crippen molar-refractivity contribution in [1.82, 2.24) is 0 Å². The van der Waals surface area contributed by atoms with Crippen molar-refractivity contribution in [1.29, 1.82) is 5.26 Å². The van der Waals surface area contributed by atoms with E-state index in [-0.39, 0.29) is 5.92 Å². The normalized spacial score (nSPS) is 27.8. The summed E-state index contributed by atoms with van der Waals surface area (Å²) in [6, 6.07) is 2.47. The Bertz CT molecular complexity index is 298. The second-order valence-electron chi connectivity index (χ2n) is 5.74. The number of hydrogen-bond donors (Lipinski definition) is 1. The van der Waals surface area contributed by atoms with Crippen molar-refractivity contribution in [2.45, 2.75) is 57.0 Å². The molecule has 3 nitrogen and oxygen atoms in total. The highest BCUT2D eigenvalue weighted by molar-refractivity contribution is 5.16. The fourth-order valence-corrected chi connectivity index (χ4v) is 3.40. The molecular weight excluding hydrogens is 214 g/mol. The van der Waals surface area contributed by atoms with Gasteiger partial charge in [0, 0.05) is 7.11 Å². The number of nitriles is 1. The average Bonchev–Trinajstić information content (AvgIpc) is 3.16. The molecule has 0 aromatic heterocycles. The van der Waals surface area contributed by atoms with Crippen LogP contribution in [-0.4, -0.2) is 24.4 Å². The summed E-state index contributed by atoms with van der Waals surface area (Å²) in [7, 11) is 1.62. The fourth-order valence-electron chi connectivity index (χ4n) is 3.40. The molecule has 0 aromatic carbocycles. The Morgan fingerprint density at radius 2 is 1.88 bits per heavy atom. The van der Waals surface area contributed by atoms with E-state index in [2.05, 4.69) is 6.07 Å². The van der Waals surface area contributed by atoms with Gasteiger partial charge in [0.25, 0.3) is 0 Å². The van der Waals surface area contributed by atoms with Crippen molar-refractivity contribution in [2.24, 2.45) is 11.3 Å². The van der Waals surface area contributed by atoms with E-state index in [1.807, 2.05) is 0 Å². The maximum absolute atomic E-state index is 11.0. The molecule has 3 heteroatoms. The highest BCUT2D eigenvalue weighted by Gasteiger charge is 2.58. The van der Waals surface area contributed by atoms with Gasteiger partial charge < -0.3 is 9.84 Å². The van der Waals surface area contributed by atoms with Crippen molar-refractivity contribution in [2.75, 3.05) is 13.7 Å². The third-order valence-electron chi connectivity index (χ3n) is 4.62. The summed E-state index contributed by atoms with van der Waals surface area (Å²) >= 11 is 0. The predicted octanol–water partition coefficient (Wildman–Crippen LogP) is 2.64. The standard InChI is InChI=1S/C14H23NO2/c1-17-11-14(16,12-6-7-12)13(10-15)8-4-2-3-5-9-13/h12,16H,2-9,11H2,1H3. The molecule has 96 valence electrons. The number of ether oxygens (including phenoxy) is 1. The van der Waals surface area contributed by atoms with Crippen LogP contribution >= 0.6 is 0 Å². The van der Waals surface area contributed by atoms with Crippen molar-refractivity contribution in [3.05, 3.63) is 0 Å². The maximum atomic E-state index is 11.0. The first-order valence-electron chi connectivity index (χ1n) is 6.81. The van der Waals surface area contributed by atoms with Gasteiger partial charge in [-0.1, -0.05) is 25.7 Å². The molecule has 2 aliphatic carbocycles. The molecule has 0 heterocycles. The van der Waals surface area contributed by atoms with Gasteiger partial charge in [0.2, 0.25) is 0 Å². The molecule has 1 N–H and O–H groups in total. The van der Waals surface area contributed by atoms with E-state index in [4.69, 9.17) is 4.74 Å². The molecule has 0 saturated heterocycles. The quantitative estimate of drug-likeness (QED) is 0.765. The minimum absolute atomic E-state index is 0.278. The molecule has 0 aromatic rings. The Balaban J connectivity index is 2.26. The lowest BCUT2D eigenvalue weighted by Gasteiger charge is -2.42. The van der Waals surface area contributed by atoms with Gasteiger partial charge in [-0.3, -0.25) is 0 Å². The first-order chi connectivity index (χ1) is 8.18. The van der Waals surface area contributed by atoms with Crippen LogP contribution in [0.3, 0.4) is 0 Å². The van der Waals surface area contributed by atoms with E-state index in [9.17, 15) is 10.4 Å². The monoisotopic (exact) mass is 237 g/mol. The number of rotatable bonds is 4. The first-order valence-corrected chi connectivity index (χ1v) is 6.81. The predicted molar refractivity (Wildman–Crippen MR) is 65.3 cm³/mol. The molecule has 2 aliphatic rings. The third-order valence-corrected chi connectivity index (χ3v) is 4.62. The van der Waals surface area contributed by atoms with Gasteiger partial charge in [-0.2, -0.15) is 5.26 Å². The van der Waals surface area contributed by atoms with Gasteiger partial charge in [-0.25, -0.2) is 0 Å². The van der Waals surface area contributed by atoms with Crippen molar-refractivity contribution < 1.29 is 9.84 Å². The number of aliphatic hydroxyl groups is 1. The Kier molecular flexibility index (Phi) is 3.75. The SMILES string of the molecule is COCC(O)(C1CC1)C1(C#N)CCCCCC1. The van der Waals surface area contributed by atoms with Crippen molar-refractivity contribution in [3.8, 4) is 6.07 Å². The average molecular weight is 237 g/mol. The summed E-state index contributed by atoms with van der Waals surface area (Å²) in [5, 5.41) is 20.6. The minimum Gasteiger partial charge on any atom is -0.386 e. The zero-order valence-corrected chi connectivity index (χ0v) is 10.7. The summed E-state index contributed by atoms with van der Waals surface area (Å²) in [6.07, 6.45) is 8.26. The molecule has 17 heavy (non-hydrogen) atoms. The van der Waals surface area contributed by atoms with Crippen LogP contribution in [0, 0.1) is 22.7 Å². The number of nitrogens with zero attached hydrogens (tertiary/aromatic N) is 1. The second-order valence-corrected chi connectivity index (χ2v) is 5.74. The lowest BCUT2D eigenvalue weighted by atomic mass is 9.65. The van der Waals surface area contributed by atoms with E-state index in [1.54, 1.807) is 7.11 Å². The molecule has 2 saturated carbocycles. The summed E-state index contributed by atoms with van der Waals surface area (Å²) in [5.41, 5.74) is -1.48. The maximum Gasteiger partial charge on any atom is 0.109 e. The zero-order chi connectivity index (χ0) is 12.4. The molecule has 0 spiro atoms. The van der Waals surface area contributed by atoms with Crippen LogP contribution in [0.4, 0.5) is 0 Å². The van der Waals surface area contributed by atoms with Crippen LogP contribution in [0.15, 0.2) is 0 Å². The highest BCUT2D eigenvalue weighted by Crippen LogP contribution is 2.54. The van der Waals surface area contributed by atoms with E-state index >= 15 is 0 Å². The Labute approximate surface area is 104 Å². The van der Waals surface area contributed by atoms with Gasteiger partial charge in [0.05, 0.1) is 18.1 Å². The van der Waals surface area contributed by atoms with Gasteiger partial charge in [0.15, 0.2) is 0 Å². The van der Waals surface area contributed by atoms with Crippen LogP contribution < -0.4 is 0 Å². The van der Waals surface area contributed by atoms with Crippen LogP contribution in [0.5, 0.6) is 0 Å². The summed E-state index contributed by atoms with van der Waals surface area (Å²) < 4.78 is 5.23. The van der Waals surface area contributed by atoms with E-state index in [1.165, 1.54) is 12.8 Å². The van der Waals surface area contributed by atoms with E-state index in [0.717, 1.165) is 38.5 Å². The van der Waals surface area contributed by atoms with Gasteiger partial charge in [0.1, 0.15) is 5.60 Å². The molecular formula is C14H23NO2. The van der Waals surface area contributed by atoms with Crippen LogP contribution in [0.1, 0.15) is 51.4 Å². The Morgan fingerprint density at radius 3 is 2.29 bits per heavy atom. The number of hydrogen-bond acceptors (Lipinski definition) is 3. The first kappa shape index (κ1) is 12.9. The smallest absolute Gasteiger partial charge is 0.109 e. The lowest BCUT2D eigenvalue weighted by molar-refractivity contribution is -0.123. The topological polar surface area (TPSA) is 53.2 Å². The van der Waals surface area contributed by atoms with Crippen LogP contribution in [0.25, 0.3) is 0 Å². The van der Waals surface area contributed by atoms with Crippen molar-refractivity contribution >= 4 is 0 Å². The number of methoxy groups -OCH3 is 1. The summed E-state index contributed by atoms with van der Waals surface area (Å²) in [5.74, 6) is 0.278. The third kappa shape index (κ3) is 2.21. The molecule has 0 aliphatic heterocycles. The Hall–Kier alpha value is -0.590. The Morgan fingerprint density at radius 1 is 1.29 bits per heavy atom. The van der Waals surface area contributed by atoms with Gasteiger partial charge >= 0.3 is 0 Å². The summed E-state index contributed by atoms with van der Waals surface area (Å²) in [6.45, 7) is 0.311. The molecule has 2 fully saturated rings. The van der Waals surface area contributed by atoms with E-state index < -0.39 is 11.0 Å². The minimum atomic E-state index is -0.916. The highest BCUT2D eigenvalue weighted by atomic mass is 16.5. The van der Waals surface area contributed by atoms with E-state index in [0.29, 0.717) is 6.61 Å². The molecule has 1 unspecified atom stereocenters. The zero-order valence-electron chi connectivity index (χ0n) is 10.7. The molecule has 0 bridgehead atoms. The van der Waals surface area contributed by atoms with Crippen molar-refractivity contribution in [3.63, 3.8) is 0 Å². The van der Waals surface area contributed by atoms with Gasteiger partial charge in [-0.05, 0) is 31.6 Å². The molecule has 0 amide bonds. The summed E-state index contributed by atoms with van der Waals surface area (Å²) in [4.78, 5) is 0. The largest absolute Gasteiger partial charge is 0.386 e. The fraction of sp³-hybridized carbons (Fsp3) is 0.929. The molecule has 2 rings (SSSR count).